The van der Waals surface area contributed by atoms with Gasteiger partial charge in [0, 0.05) is 37.6 Å². The first-order chi connectivity index (χ1) is 15.8. The quantitative estimate of drug-likeness (QED) is 0.620. The molecule has 2 amide bonds. The maximum Gasteiger partial charge on any atom is 0.415 e. The molecular formula is C22H28N6O3S2. The van der Waals surface area contributed by atoms with E-state index in [1.165, 1.54) is 16.0 Å². The average Bonchev–Trinajstić information content (AvgIpc) is 3.35. The fraction of sp³-hybridized carbons (Fsp3) is 0.500. The highest BCUT2D eigenvalue weighted by atomic mass is 32.1. The van der Waals surface area contributed by atoms with Gasteiger partial charge in [0.1, 0.15) is 11.9 Å². The number of nitrogens with one attached hydrogen (secondary N) is 1. The highest BCUT2D eigenvalue weighted by molar-refractivity contribution is 7.80. The number of aryl methyl sites for hydroxylation is 1. The van der Waals surface area contributed by atoms with Crippen molar-refractivity contribution in [2.75, 3.05) is 37.6 Å². The molecule has 176 valence electrons. The Hall–Kier alpha value is -2.63. The average molecular weight is 489 g/mol. The van der Waals surface area contributed by atoms with E-state index in [1.54, 1.807) is 28.4 Å². The second-order valence-electron chi connectivity index (χ2n) is 8.50. The zero-order valence-corrected chi connectivity index (χ0v) is 20.6. The van der Waals surface area contributed by atoms with Gasteiger partial charge in [-0.15, -0.1) is 11.3 Å². The molecule has 2 saturated heterocycles. The molecule has 0 saturated carbocycles. The molecule has 4 heterocycles. The molecule has 4 rings (SSSR count). The van der Waals surface area contributed by atoms with E-state index >= 15 is 0 Å². The van der Waals surface area contributed by atoms with Crippen molar-refractivity contribution in [2.45, 2.75) is 33.2 Å². The maximum absolute atomic E-state index is 12.6. The molecular weight excluding hydrogens is 460 g/mol. The first kappa shape index (κ1) is 23.5. The number of anilines is 1. The molecule has 1 unspecified atom stereocenters. The summed E-state index contributed by atoms with van der Waals surface area (Å²) in [6.45, 7) is 9.76. The van der Waals surface area contributed by atoms with Crippen molar-refractivity contribution in [1.29, 1.82) is 0 Å². The van der Waals surface area contributed by atoms with Gasteiger partial charge in [0.15, 0.2) is 10.9 Å². The van der Waals surface area contributed by atoms with E-state index in [1.807, 2.05) is 26.3 Å². The lowest BCUT2D eigenvalue weighted by molar-refractivity contribution is -0.119. The van der Waals surface area contributed by atoms with E-state index in [2.05, 4.69) is 20.2 Å². The summed E-state index contributed by atoms with van der Waals surface area (Å²) in [6.07, 6.45) is 2.03. The van der Waals surface area contributed by atoms with Gasteiger partial charge in [-0.25, -0.2) is 19.7 Å². The van der Waals surface area contributed by atoms with Crippen LogP contribution in [0.2, 0.25) is 0 Å². The van der Waals surface area contributed by atoms with Crippen LogP contribution in [-0.2, 0) is 11.2 Å². The molecule has 0 aliphatic carbocycles. The van der Waals surface area contributed by atoms with Crippen LogP contribution in [0.4, 0.5) is 10.6 Å². The number of hydrogen-bond donors (Lipinski definition) is 1. The Balaban J connectivity index is 1.27. The molecule has 2 aliphatic rings. The van der Waals surface area contributed by atoms with Crippen LogP contribution in [0, 0.1) is 12.8 Å². The minimum Gasteiger partial charge on any atom is -0.409 e. The number of thiocarbonyl (C=S) groups is 1. The molecule has 11 heteroatoms. The number of ether oxygens (including phenoxy) is 1. The summed E-state index contributed by atoms with van der Waals surface area (Å²) in [5.41, 5.74) is 2.99. The topological polar surface area (TPSA) is 90.9 Å². The van der Waals surface area contributed by atoms with E-state index in [0.29, 0.717) is 29.8 Å². The molecule has 2 fully saturated rings. The van der Waals surface area contributed by atoms with Crippen molar-refractivity contribution in [3.05, 3.63) is 34.4 Å². The number of nitrogens with zero attached hydrogens (tertiary/aromatic N) is 5. The summed E-state index contributed by atoms with van der Waals surface area (Å²) >= 11 is 6.99. The third-order valence-corrected chi connectivity index (χ3v) is 7.22. The Morgan fingerprint density at radius 1 is 1.27 bits per heavy atom. The molecule has 1 atom stereocenters. The van der Waals surface area contributed by atoms with Crippen LogP contribution in [0.3, 0.4) is 0 Å². The second kappa shape index (κ2) is 10.1. The highest BCUT2D eigenvalue weighted by Crippen LogP contribution is 2.23. The number of amides is 2. The molecule has 2 aromatic rings. The summed E-state index contributed by atoms with van der Waals surface area (Å²) in [6, 6.07) is 2.91. The molecule has 2 aromatic heterocycles. The fourth-order valence-corrected chi connectivity index (χ4v) is 4.96. The smallest absolute Gasteiger partial charge is 0.409 e. The number of hydrogen-bond acceptors (Lipinski definition) is 8. The minimum atomic E-state index is -0.392. The Morgan fingerprint density at radius 3 is 2.61 bits per heavy atom. The third-order valence-electron chi connectivity index (χ3n) is 5.92. The van der Waals surface area contributed by atoms with E-state index in [4.69, 9.17) is 17.0 Å². The zero-order chi connectivity index (χ0) is 23.5. The van der Waals surface area contributed by atoms with Crippen molar-refractivity contribution in [3.63, 3.8) is 0 Å². The lowest BCUT2D eigenvalue weighted by Gasteiger charge is -2.33. The van der Waals surface area contributed by atoms with Crippen LogP contribution in [0.25, 0.3) is 0 Å². The van der Waals surface area contributed by atoms with Gasteiger partial charge in [-0.05, 0) is 43.6 Å². The molecule has 33 heavy (non-hydrogen) atoms. The molecule has 0 spiro atoms. The molecule has 0 aromatic carbocycles. The lowest BCUT2D eigenvalue weighted by Crippen LogP contribution is -2.49. The molecule has 2 aliphatic heterocycles. The molecule has 0 bridgehead atoms. The molecule has 9 nitrogen and oxygen atoms in total. The van der Waals surface area contributed by atoms with Gasteiger partial charge < -0.3 is 15.0 Å². The predicted molar refractivity (Wildman–Crippen MR) is 131 cm³/mol. The SMILES string of the molecule is Cc1ncsc1CCN1CCN(C(=O)Oc2ccc(N3C(=O)C(C(C)C)NC3=S)nc2)CC1. The summed E-state index contributed by atoms with van der Waals surface area (Å²) < 4.78 is 5.50. The van der Waals surface area contributed by atoms with Crippen LogP contribution >= 0.6 is 23.6 Å². The van der Waals surface area contributed by atoms with Crippen LogP contribution in [0.5, 0.6) is 5.75 Å². The summed E-state index contributed by atoms with van der Waals surface area (Å²) in [4.78, 5) is 40.6. The largest absolute Gasteiger partial charge is 0.415 e. The third kappa shape index (κ3) is 5.31. The van der Waals surface area contributed by atoms with Crippen molar-refractivity contribution in [1.82, 2.24) is 25.1 Å². The number of carbonyl (C=O) groups excluding carboxylic acids is 2. The van der Waals surface area contributed by atoms with E-state index in [0.717, 1.165) is 31.7 Å². The highest BCUT2D eigenvalue weighted by Gasteiger charge is 2.38. The fourth-order valence-electron chi connectivity index (χ4n) is 3.88. The first-order valence-corrected chi connectivity index (χ1v) is 12.3. The van der Waals surface area contributed by atoms with Gasteiger partial charge in [-0.3, -0.25) is 9.69 Å². The summed E-state index contributed by atoms with van der Waals surface area (Å²) in [5, 5.41) is 3.37. The normalized spacial score (nSPS) is 19.3. The van der Waals surface area contributed by atoms with Crippen molar-refractivity contribution in [3.8, 4) is 5.75 Å². The Morgan fingerprint density at radius 2 is 2.03 bits per heavy atom. The molecule has 1 N–H and O–H groups in total. The van der Waals surface area contributed by atoms with Gasteiger partial charge in [0.25, 0.3) is 5.91 Å². The number of aromatic nitrogens is 2. The Kier molecular flexibility index (Phi) is 7.20. The summed E-state index contributed by atoms with van der Waals surface area (Å²) in [5.74, 6) is 0.719. The Bertz CT molecular complexity index is 1020. The van der Waals surface area contributed by atoms with Gasteiger partial charge >= 0.3 is 6.09 Å². The zero-order valence-electron chi connectivity index (χ0n) is 19.0. The van der Waals surface area contributed by atoms with E-state index < -0.39 is 6.09 Å². The minimum absolute atomic E-state index is 0.109. The maximum atomic E-state index is 12.6. The first-order valence-electron chi connectivity index (χ1n) is 11.0. The van der Waals surface area contributed by atoms with Gasteiger partial charge in [0.05, 0.1) is 17.4 Å². The molecule has 0 radical (unpaired) electrons. The van der Waals surface area contributed by atoms with Crippen LogP contribution < -0.4 is 15.0 Å². The lowest BCUT2D eigenvalue weighted by atomic mass is 10.1. The summed E-state index contributed by atoms with van der Waals surface area (Å²) in [7, 11) is 0. The number of carbonyl (C=O) groups is 2. The Labute approximate surface area is 202 Å². The van der Waals surface area contributed by atoms with Gasteiger partial charge in [-0.1, -0.05) is 13.8 Å². The van der Waals surface area contributed by atoms with Gasteiger partial charge in [-0.2, -0.15) is 0 Å². The monoisotopic (exact) mass is 488 g/mol. The van der Waals surface area contributed by atoms with Gasteiger partial charge in [0.2, 0.25) is 0 Å². The van der Waals surface area contributed by atoms with Crippen molar-refractivity contribution < 1.29 is 14.3 Å². The number of thiazole rings is 1. The van der Waals surface area contributed by atoms with E-state index in [-0.39, 0.29) is 17.9 Å². The van der Waals surface area contributed by atoms with Crippen molar-refractivity contribution >= 4 is 46.5 Å². The second-order valence-corrected chi connectivity index (χ2v) is 9.83. The van der Waals surface area contributed by atoms with Crippen LogP contribution in [-0.4, -0.2) is 75.6 Å². The van der Waals surface area contributed by atoms with Crippen LogP contribution in [0.1, 0.15) is 24.4 Å². The number of piperazine rings is 1. The predicted octanol–water partition coefficient (Wildman–Crippen LogP) is 2.45. The standard InChI is InChI=1S/C22H28N6O3S2/c1-14(2)19-20(29)28(21(32)25-19)18-5-4-16(12-23-18)31-22(30)27-10-8-26(9-11-27)7-6-17-15(3)24-13-33-17/h4-5,12-14,19H,6-11H2,1-3H3,(H,25,32). The van der Waals surface area contributed by atoms with Crippen LogP contribution in [0.15, 0.2) is 23.8 Å². The van der Waals surface area contributed by atoms with Crippen molar-refractivity contribution in [2.24, 2.45) is 5.92 Å². The number of rotatable bonds is 6. The number of pyridine rings is 1. The van der Waals surface area contributed by atoms with E-state index in [9.17, 15) is 9.59 Å².